The van der Waals surface area contributed by atoms with E-state index in [4.69, 9.17) is 6.42 Å². The van der Waals surface area contributed by atoms with E-state index in [0.29, 0.717) is 51.7 Å². The lowest BCUT2D eigenvalue weighted by atomic mass is 10.0. The van der Waals surface area contributed by atoms with Gasteiger partial charge in [-0.2, -0.15) is 23.4 Å². The Hall–Kier alpha value is -1.62. The third kappa shape index (κ3) is 5.82. The third-order valence-electron chi connectivity index (χ3n) is 4.14. The molecule has 1 amide bonds. The average Bonchev–Trinajstić information content (AvgIpc) is 3.26. The summed E-state index contributed by atoms with van der Waals surface area (Å²) >= 11 is 0. The number of nitrogens with zero attached hydrogens (tertiary/aromatic N) is 4. The molecule has 0 radical (unpaired) electrons. The molecule has 2 heterocycles. The fourth-order valence-corrected chi connectivity index (χ4v) is 2.77. The summed E-state index contributed by atoms with van der Waals surface area (Å²) in [6.07, 6.45) is 3.62. The van der Waals surface area contributed by atoms with E-state index in [1.807, 2.05) is 0 Å². The van der Waals surface area contributed by atoms with Crippen molar-refractivity contribution in [1.29, 1.82) is 0 Å². The van der Waals surface area contributed by atoms with Gasteiger partial charge in [-0.05, 0) is 6.42 Å². The highest BCUT2D eigenvalue weighted by molar-refractivity contribution is 5.76. The molecular weight excluding hydrogens is 309 g/mol. The molecule has 1 fully saturated rings. The molecule has 0 unspecified atom stereocenters. The van der Waals surface area contributed by atoms with Crippen LogP contribution in [-0.4, -0.2) is 60.3 Å². The van der Waals surface area contributed by atoms with Crippen LogP contribution in [0.5, 0.6) is 0 Å². The molecule has 2 aliphatic heterocycles. The highest BCUT2D eigenvalue weighted by Gasteiger charge is 2.39. The van der Waals surface area contributed by atoms with Crippen LogP contribution in [0, 0.1) is 12.3 Å². The maximum Gasteiger partial charge on any atom is 0.401 e. The average molecular weight is 330 g/mol. The predicted molar refractivity (Wildman–Crippen MR) is 78.6 cm³/mol. The van der Waals surface area contributed by atoms with Crippen molar-refractivity contribution in [2.24, 2.45) is 10.2 Å². The van der Waals surface area contributed by atoms with Crippen LogP contribution in [0.2, 0.25) is 0 Å². The van der Waals surface area contributed by atoms with E-state index < -0.39 is 18.4 Å². The number of hydrogen-bond acceptors (Lipinski definition) is 4. The summed E-state index contributed by atoms with van der Waals surface area (Å²) in [5.41, 5.74) is -0.490. The Morgan fingerprint density at radius 1 is 1.17 bits per heavy atom. The summed E-state index contributed by atoms with van der Waals surface area (Å²) < 4.78 is 37.3. The Kier molecular flexibility index (Phi) is 5.63. The number of terminal acetylenes is 1. The van der Waals surface area contributed by atoms with E-state index in [0.717, 1.165) is 0 Å². The number of carbonyl (C=O) groups excluding carboxylic acids is 1. The van der Waals surface area contributed by atoms with Crippen LogP contribution in [-0.2, 0) is 4.79 Å². The first kappa shape index (κ1) is 17.7. The van der Waals surface area contributed by atoms with Crippen molar-refractivity contribution in [2.45, 2.75) is 43.9 Å². The van der Waals surface area contributed by atoms with Gasteiger partial charge in [0.2, 0.25) is 5.91 Å². The molecule has 5 nitrogen and oxygen atoms in total. The van der Waals surface area contributed by atoms with Crippen LogP contribution in [0.15, 0.2) is 10.2 Å². The molecule has 0 aromatic rings. The van der Waals surface area contributed by atoms with Gasteiger partial charge in [0.25, 0.3) is 0 Å². The van der Waals surface area contributed by atoms with Crippen molar-refractivity contribution in [2.75, 3.05) is 32.7 Å². The van der Waals surface area contributed by atoms with Crippen molar-refractivity contribution in [3.63, 3.8) is 0 Å². The summed E-state index contributed by atoms with van der Waals surface area (Å²) in [5.74, 6) is 2.49. The topological polar surface area (TPSA) is 48.3 Å². The second-order valence-electron chi connectivity index (χ2n) is 6.01. The first-order valence-electron chi connectivity index (χ1n) is 7.78. The van der Waals surface area contributed by atoms with Crippen molar-refractivity contribution < 1.29 is 18.0 Å². The van der Waals surface area contributed by atoms with Crippen LogP contribution in [0.3, 0.4) is 0 Å². The van der Waals surface area contributed by atoms with Crippen LogP contribution in [0.1, 0.15) is 32.1 Å². The summed E-state index contributed by atoms with van der Waals surface area (Å²) in [6.45, 7) is 0.531. The molecule has 0 saturated carbocycles. The normalized spacial score (nSPS) is 20.9. The SMILES string of the molecule is C#CCCC1(CCC(=O)N2CCCN(CC(F)(F)F)CC2)N=N1. The largest absolute Gasteiger partial charge is 0.401 e. The van der Waals surface area contributed by atoms with Gasteiger partial charge < -0.3 is 4.90 Å². The molecular formula is C15H21F3N4O. The van der Waals surface area contributed by atoms with Crippen molar-refractivity contribution >= 4 is 5.91 Å². The fourth-order valence-electron chi connectivity index (χ4n) is 2.77. The monoisotopic (exact) mass is 330 g/mol. The number of carbonyl (C=O) groups is 1. The first-order valence-corrected chi connectivity index (χ1v) is 7.78. The third-order valence-corrected chi connectivity index (χ3v) is 4.14. The Bertz CT molecular complexity index is 492. The lowest BCUT2D eigenvalue weighted by molar-refractivity contribution is -0.145. The van der Waals surface area contributed by atoms with Gasteiger partial charge in [-0.3, -0.25) is 9.69 Å². The van der Waals surface area contributed by atoms with Gasteiger partial charge in [0.15, 0.2) is 5.66 Å². The molecule has 0 spiro atoms. The smallest absolute Gasteiger partial charge is 0.341 e. The van der Waals surface area contributed by atoms with E-state index in [1.165, 1.54) is 4.90 Å². The van der Waals surface area contributed by atoms with E-state index in [2.05, 4.69) is 16.1 Å². The quantitative estimate of drug-likeness (QED) is 0.702. The fraction of sp³-hybridized carbons (Fsp3) is 0.800. The maximum atomic E-state index is 12.4. The van der Waals surface area contributed by atoms with Crippen LogP contribution >= 0.6 is 0 Å². The molecule has 0 bridgehead atoms. The molecule has 8 heteroatoms. The summed E-state index contributed by atoms with van der Waals surface area (Å²) in [4.78, 5) is 15.3. The van der Waals surface area contributed by atoms with Gasteiger partial charge >= 0.3 is 6.18 Å². The highest BCUT2D eigenvalue weighted by atomic mass is 19.4. The molecule has 128 valence electrons. The van der Waals surface area contributed by atoms with Gasteiger partial charge in [0, 0.05) is 51.9 Å². The van der Waals surface area contributed by atoms with E-state index in [9.17, 15) is 18.0 Å². The Balaban J connectivity index is 1.74. The van der Waals surface area contributed by atoms with Gasteiger partial charge in [-0.15, -0.1) is 12.3 Å². The van der Waals surface area contributed by atoms with Crippen LogP contribution < -0.4 is 0 Å². The number of alkyl halides is 3. The van der Waals surface area contributed by atoms with E-state index >= 15 is 0 Å². The minimum Gasteiger partial charge on any atom is -0.341 e. The molecule has 2 rings (SSSR count). The number of rotatable bonds is 6. The van der Waals surface area contributed by atoms with Gasteiger partial charge in [-0.25, -0.2) is 0 Å². The number of hydrogen-bond donors (Lipinski definition) is 0. The zero-order valence-electron chi connectivity index (χ0n) is 13.0. The lowest BCUT2D eigenvalue weighted by Crippen LogP contribution is -2.38. The maximum absolute atomic E-state index is 12.4. The zero-order chi connectivity index (χ0) is 16.9. The van der Waals surface area contributed by atoms with E-state index in [1.54, 1.807) is 4.90 Å². The Morgan fingerprint density at radius 3 is 2.52 bits per heavy atom. The number of halogens is 3. The molecule has 0 atom stereocenters. The Labute approximate surface area is 133 Å². The number of amides is 1. The van der Waals surface area contributed by atoms with Crippen LogP contribution in [0.4, 0.5) is 13.2 Å². The standard InChI is InChI=1S/C15H21F3N4O/c1-2-3-6-14(19-20-14)7-5-13(23)22-9-4-8-21(10-11-22)12-15(16,17)18/h1H,3-12H2. The molecule has 0 N–H and O–H groups in total. The minimum absolute atomic E-state index is 0.0451. The second-order valence-corrected chi connectivity index (χ2v) is 6.01. The van der Waals surface area contributed by atoms with Crippen molar-refractivity contribution in [3.8, 4) is 12.3 Å². The minimum atomic E-state index is -4.20. The van der Waals surface area contributed by atoms with Crippen LogP contribution in [0.25, 0.3) is 0 Å². The molecule has 0 aromatic heterocycles. The predicted octanol–water partition coefficient (Wildman–Crippen LogP) is 2.44. The summed E-state index contributed by atoms with van der Waals surface area (Å²) in [7, 11) is 0. The molecule has 1 saturated heterocycles. The molecule has 0 aromatic carbocycles. The molecule has 0 aliphatic carbocycles. The zero-order valence-corrected chi connectivity index (χ0v) is 13.0. The highest BCUT2D eigenvalue weighted by Crippen LogP contribution is 2.37. The second kappa shape index (κ2) is 7.30. The van der Waals surface area contributed by atoms with E-state index in [-0.39, 0.29) is 12.5 Å². The summed E-state index contributed by atoms with van der Waals surface area (Å²) in [5, 5.41) is 7.97. The van der Waals surface area contributed by atoms with Gasteiger partial charge in [0.1, 0.15) is 0 Å². The van der Waals surface area contributed by atoms with Crippen molar-refractivity contribution in [1.82, 2.24) is 9.80 Å². The first-order chi connectivity index (χ1) is 10.8. The lowest BCUT2D eigenvalue weighted by Gasteiger charge is -2.23. The molecule has 2 aliphatic rings. The summed E-state index contributed by atoms with van der Waals surface area (Å²) in [6, 6.07) is 0. The Morgan fingerprint density at radius 2 is 1.91 bits per heavy atom. The molecule has 23 heavy (non-hydrogen) atoms. The van der Waals surface area contributed by atoms with Gasteiger partial charge in [0.05, 0.1) is 6.54 Å². The van der Waals surface area contributed by atoms with Crippen molar-refractivity contribution in [3.05, 3.63) is 0 Å². The van der Waals surface area contributed by atoms with Gasteiger partial charge in [-0.1, -0.05) is 0 Å².